The van der Waals surface area contributed by atoms with Crippen LogP contribution < -0.4 is 5.32 Å². The molecule has 2 heterocycles. The molecular formula is C18H20N4OS. The number of nitrogens with zero attached hydrogens (tertiary/aromatic N) is 3. The van der Waals surface area contributed by atoms with Gasteiger partial charge in [-0.05, 0) is 17.9 Å². The van der Waals surface area contributed by atoms with Crippen LogP contribution in [-0.4, -0.2) is 20.4 Å². The van der Waals surface area contributed by atoms with Gasteiger partial charge in [0, 0.05) is 31.2 Å². The van der Waals surface area contributed by atoms with E-state index in [0.29, 0.717) is 11.6 Å². The van der Waals surface area contributed by atoms with Gasteiger partial charge in [-0.1, -0.05) is 37.3 Å². The molecule has 1 atom stereocenters. The predicted octanol–water partition coefficient (Wildman–Crippen LogP) is 4.07. The maximum absolute atomic E-state index is 12.4. The van der Waals surface area contributed by atoms with E-state index in [0.717, 1.165) is 17.9 Å². The second kappa shape index (κ2) is 7.40. The Morgan fingerprint density at radius 2 is 2.12 bits per heavy atom. The molecule has 5 nitrogen and oxygen atoms in total. The van der Waals surface area contributed by atoms with E-state index in [1.54, 1.807) is 6.20 Å². The van der Waals surface area contributed by atoms with Gasteiger partial charge in [0.25, 0.3) is 0 Å². The highest BCUT2D eigenvalue weighted by Gasteiger charge is 2.16. The van der Waals surface area contributed by atoms with E-state index in [2.05, 4.69) is 34.3 Å². The zero-order valence-corrected chi connectivity index (χ0v) is 14.6. The molecule has 0 aliphatic heterocycles. The van der Waals surface area contributed by atoms with Gasteiger partial charge in [-0.2, -0.15) is 0 Å². The van der Waals surface area contributed by atoms with Crippen molar-refractivity contribution in [1.29, 1.82) is 0 Å². The van der Waals surface area contributed by atoms with E-state index < -0.39 is 0 Å². The van der Waals surface area contributed by atoms with Gasteiger partial charge < -0.3 is 9.88 Å². The number of thiazole rings is 1. The van der Waals surface area contributed by atoms with Crippen LogP contribution >= 0.6 is 11.3 Å². The minimum absolute atomic E-state index is 0.00792. The molecule has 3 aromatic rings. The van der Waals surface area contributed by atoms with E-state index in [4.69, 9.17) is 0 Å². The summed E-state index contributed by atoms with van der Waals surface area (Å²) in [6.45, 7) is 2.10. The minimum atomic E-state index is -0.00792. The highest BCUT2D eigenvalue weighted by molar-refractivity contribution is 7.14. The largest absolute Gasteiger partial charge is 0.333 e. The lowest BCUT2D eigenvalue weighted by atomic mass is 9.93. The fourth-order valence-corrected chi connectivity index (χ4v) is 3.37. The van der Waals surface area contributed by atoms with Gasteiger partial charge in [0.2, 0.25) is 5.91 Å². The molecule has 0 aliphatic carbocycles. The Morgan fingerprint density at radius 1 is 1.33 bits per heavy atom. The topological polar surface area (TPSA) is 59.8 Å². The Morgan fingerprint density at radius 3 is 2.79 bits per heavy atom. The van der Waals surface area contributed by atoms with Crippen LogP contribution in [0.15, 0.2) is 48.1 Å². The van der Waals surface area contributed by atoms with Gasteiger partial charge in [-0.3, -0.25) is 4.79 Å². The Kier molecular flexibility index (Phi) is 5.05. The van der Waals surface area contributed by atoms with Gasteiger partial charge in [0.15, 0.2) is 11.0 Å². The molecule has 2 aromatic heterocycles. The summed E-state index contributed by atoms with van der Waals surface area (Å²) in [6, 6.07) is 10.2. The second-order valence-corrected chi connectivity index (χ2v) is 6.53. The molecule has 1 amide bonds. The van der Waals surface area contributed by atoms with Crippen molar-refractivity contribution in [3.05, 3.63) is 53.7 Å². The van der Waals surface area contributed by atoms with Crippen molar-refractivity contribution in [2.75, 3.05) is 5.32 Å². The van der Waals surface area contributed by atoms with Crippen LogP contribution in [0.25, 0.3) is 11.5 Å². The summed E-state index contributed by atoms with van der Waals surface area (Å²) < 4.78 is 1.91. The molecular weight excluding hydrogens is 320 g/mol. The molecule has 0 fully saturated rings. The molecule has 3 rings (SSSR count). The van der Waals surface area contributed by atoms with Crippen LogP contribution in [-0.2, 0) is 11.8 Å². The number of carbonyl (C=O) groups excluding carboxylic acids is 1. The highest BCUT2D eigenvalue weighted by atomic mass is 32.1. The van der Waals surface area contributed by atoms with E-state index >= 15 is 0 Å². The fraction of sp³-hybridized carbons (Fsp3) is 0.278. The molecule has 0 saturated heterocycles. The monoisotopic (exact) mass is 340 g/mol. The van der Waals surface area contributed by atoms with Crippen molar-refractivity contribution >= 4 is 22.4 Å². The molecule has 24 heavy (non-hydrogen) atoms. The number of imidazole rings is 1. The zero-order chi connectivity index (χ0) is 16.9. The Labute approximate surface area is 145 Å². The number of benzene rings is 1. The molecule has 0 spiro atoms. The Hall–Kier alpha value is -2.47. The molecule has 0 saturated carbocycles. The number of hydrogen-bond donors (Lipinski definition) is 1. The van der Waals surface area contributed by atoms with Crippen molar-refractivity contribution < 1.29 is 4.79 Å². The first-order valence-electron chi connectivity index (χ1n) is 7.95. The molecule has 0 aliphatic rings. The van der Waals surface area contributed by atoms with Crippen LogP contribution in [0.2, 0.25) is 0 Å². The summed E-state index contributed by atoms with van der Waals surface area (Å²) in [7, 11) is 1.92. The van der Waals surface area contributed by atoms with Gasteiger partial charge >= 0.3 is 0 Å². The lowest BCUT2D eigenvalue weighted by Gasteiger charge is -2.14. The average Bonchev–Trinajstić information content (AvgIpc) is 3.22. The van der Waals surface area contributed by atoms with Crippen LogP contribution in [0.3, 0.4) is 0 Å². The first kappa shape index (κ1) is 16.4. The van der Waals surface area contributed by atoms with Crippen LogP contribution in [0, 0.1) is 0 Å². The number of carbonyl (C=O) groups is 1. The van der Waals surface area contributed by atoms with Crippen molar-refractivity contribution in [3.63, 3.8) is 0 Å². The lowest BCUT2D eigenvalue weighted by Crippen LogP contribution is -2.15. The predicted molar refractivity (Wildman–Crippen MR) is 97.0 cm³/mol. The number of aryl methyl sites for hydroxylation is 1. The summed E-state index contributed by atoms with van der Waals surface area (Å²) in [6.07, 6.45) is 4.99. The van der Waals surface area contributed by atoms with Crippen molar-refractivity contribution in [3.8, 4) is 11.5 Å². The third-order valence-corrected chi connectivity index (χ3v) is 4.75. The third kappa shape index (κ3) is 3.71. The standard InChI is InChI=1S/C18H20N4OS/c1-3-13(14-7-5-4-6-8-14)11-16(23)21-18-20-15(12-24-18)17-19-9-10-22(17)2/h4-10,12-13H,3,11H2,1-2H3,(H,20,21,23). The smallest absolute Gasteiger partial charge is 0.226 e. The van der Waals surface area contributed by atoms with Crippen molar-refractivity contribution in [2.24, 2.45) is 7.05 Å². The van der Waals surface area contributed by atoms with Crippen molar-refractivity contribution in [1.82, 2.24) is 14.5 Å². The number of hydrogen-bond acceptors (Lipinski definition) is 4. The Bertz CT molecular complexity index is 809. The number of nitrogens with one attached hydrogen (secondary N) is 1. The molecule has 124 valence electrons. The fourth-order valence-electron chi connectivity index (χ4n) is 2.66. The van der Waals surface area contributed by atoms with E-state index in [-0.39, 0.29) is 11.8 Å². The quantitative estimate of drug-likeness (QED) is 0.736. The molecule has 1 N–H and O–H groups in total. The third-order valence-electron chi connectivity index (χ3n) is 4.00. The summed E-state index contributed by atoms with van der Waals surface area (Å²) >= 11 is 1.42. The van der Waals surface area contributed by atoms with Crippen molar-refractivity contribution in [2.45, 2.75) is 25.7 Å². The first-order valence-corrected chi connectivity index (χ1v) is 8.83. The number of rotatable bonds is 6. The minimum Gasteiger partial charge on any atom is -0.333 e. The number of anilines is 1. The SMILES string of the molecule is CCC(CC(=O)Nc1nc(-c2nccn2C)cs1)c1ccccc1. The van der Waals surface area contributed by atoms with Gasteiger partial charge in [-0.25, -0.2) is 9.97 Å². The molecule has 6 heteroatoms. The summed E-state index contributed by atoms with van der Waals surface area (Å²) in [4.78, 5) is 21.1. The molecule has 1 unspecified atom stereocenters. The summed E-state index contributed by atoms with van der Waals surface area (Å²) in [5.74, 6) is 1.01. The first-order chi connectivity index (χ1) is 11.7. The number of amides is 1. The maximum Gasteiger partial charge on any atom is 0.226 e. The normalized spacial score (nSPS) is 12.1. The zero-order valence-electron chi connectivity index (χ0n) is 13.8. The second-order valence-electron chi connectivity index (χ2n) is 5.67. The van der Waals surface area contributed by atoms with Crippen LogP contribution in [0.5, 0.6) is 0 Å². The van der Waals surface area contributed by atoms with E-state index in [1.165, 1.54) is 16.9 Å². The molecule has 0 bridgehead atoms. The molecule has 0 radical (unpaired) electrons. The Balaban J connectivity index is 1.65. The van der Waals surface area contributed by atoms with Crippen LogP contribution in [0.4, 0.5) is 5.13 Å². The molecule has 1 aromatic carbocycles. The van der Waals surface area contributed by atoms with Crippen LogP contribution in [0.1, 0.15) is 31.2 Å². The van der Waals surface area contributed by atoms with Gasteiger partial charge in [-0.15, -0.1) is 11.3 Å². The number of aromatic nitrogens is 3. The van der Waals surface area contributed by atoms with Gasteiger partial charge in [0.1, 0.15) is 5.69 Å². The lowest BCUT2D eigenvalue weighted by molar-refractivity contribution is -0.116. The summed E-state index contributed by atoms with van der Waals surface area (Å²) in [5.41, 5.74) is 1.97. The maximum atomic E-state index is 12.4. The van der Waals surface area contributed by atoms with Gasteiger partial charge in [0.05, 0.1) is 0 Å². The van der Waals surface area contributed by atoms with E-state index in [9.17, 15) is 4.79 Å². The highest BCUT2D eigenvalue weighted by Crippen LogP contribution is 2.26. The van der Waals surface area contributed by atoms with E-state index in [1.807, 2.05) is 41.4 Å². The average molecular weight is 340 g/mol. The summed E-state index contributed by atoms with van der Waals surface area (Å²) in [5, 5.41) is 5.43.